The lowest BCUT2D eigenvalue weighted by molar-refractivity contribution is 0.153. The van der Waals surface area contributed by atoms with Crippen molar-refractivity contribution in [2.75, 3.05) is 6.61 Å². The number of aromatic nitrogens is 1. The van der Waals surface area contributed by atoms with E-state index in [1.165, 1.54) is 0 Å². The molecule has 0 spiro atoms. The van der Waals surface area contributed by atoms with Gasteiger partial charge in [-0.15, -0.1) is 0 Å². The number of ether oxygens (including phenoxy) is 1. The lowest BCUT2D eigenvalue weighted by atomic mass is 10.1. The molecule has 0 bridgehead atoms. The molecule has 5 heteroatoms. The van der Waals surface area contributed by atoms with Crippen LogP contribution in [0.5, 0.6) is 5.75 Å². The van der Waals surface area contributed by atoms with Crippen molar-refractivity contribution in [3.05, 3.63) is 47.3 Å². The van der Waals surface area contributed by atoms with Crippen LogP contribution in [0.2, 0.25) is 0 Å². The number of hydrogen-bond donors (Lipinski definition) is 2. The quantitative estimate of drug-likeness (QED) is 0.892. The van der Waals surface area contributed by atoms with E-state index >= 15 is 0 Å². The van der Waals surface area contributed by atoms with Gasteiger partial charge in [0.1, 0.15) is 11.6 Å². The monoisotopic (exact) mass is 313 g/mol. The van der Waals surface area contributed by atoms with Crippen LogP contribution in [0.3, 0.4) is 0 Å². The third-order valence-corrected chi connectivity index (χ3v) is 3.99. The number of rotatable bonds is 5. The van der Waals surface area contributed by atoms with Gasteiger partial charge in [0.25, 0.3) is 0 Å². The van der Waals surface area contributed by atoms with Gasteiger partial charge in [-0.05, 0) is 31.0 Å². The first-order valence-electron chi connectivity index (χ1n) is 8.09. The molecule has 0 saturated carbocycles. The second-order valence-corrected chi connectivity index (χ2v) is 5.69. The van der Waals surface area contributed by atoms with Gasteiger partial charge < -0.3 is 19.7 Å². The van der Waals surface area contributed by atoms with Crippen LogP contribution in [0, 0.1) is 0 Å². The highest BCUT2D eigenvalue weighted by atomic mass is 16.5. The molecule has 1 unspecified atom stereocenters. The van der Waals surface area contributed by atoms with E-state index < -0.39 is 6.23 Å². The number of aliphatic hydroxyl groups excluding tert-OH is 1. The Morgan fingerprint density at radius 2 is 2.09 bits per heavy atom. The summed E-state index contributed by atoms with van der Waals surface area (Å²) in [5, 5.41) is 13.6. The molecule has 5 nitrogen and oxygen atoms in total. The molecule has 0 fully saturated rings. The highest BCUT2D eigenvalue weighted by molar-refractivity contribution is 6.04. The third-order valence-electron chi connectivity index (χ3n) is 3.99. The van der Waals surface area contributed by atoms with Gasteiger partial charge in [0.15, 0.2) is 6.23 Å². The van der Waals surface area contributed by atoms with E-state index in [0.717, 1.165) is 41.1 Å². The average Bonchev–Trinajstić information content (AvgIpc) is 2.85. The zero-order chi connectivity index (χ0) is 16.4. The Morgan fingerprint density at radius 3 is 2.83 bits per heavy atom. The fourth-order valence-electron chi connectivity index (χ4n) is 3.02. The number of amidine groups is 1. The Kier molecular flexibility index (Phi) is 4.39. The molecule has 2 N–H and O–H groups in total. The van der Waals surface area contributed by atoms with Gasteiger partial charge in [-0.25, -0.2) is 4.99 Å². The number of aliphatic hydroxyl groups is 1. The van der Waals surface area contributed by atoms with Crippen molar-refractivity contribution in [3.63, 3.8) is 0 Å². The number of nitrogens with zero attached hydrogens (tertiary/aromatic N) is 2. The third kappa shape index (κ3) is 2.84. The highest BCUT2D eigenvalue weighted by Crippen LogP contribution is 2.35. The first kappa shape index (κ1) is 15.6. The zero-order valence-electron chi connectivity index (χ0n) is 13.8. The molecular formula is C18H23N3O2. The predicted octanol–water partition coefficient (Wildman–Crippen LogP) is 3.05. The Labute approximate surface area is 136 Å². The van der Waals surface area contributed by atoms with E-state index in [1.807, 2.05) is 42.8 Å². The van der Waals surface area contributed by atoms with Gasteiger partial charge >= 0.3 is 0 Å². The van der Waals surface area contributed by atoms with Crippen molar-refractivity contribution in [2.45, 2.75) is 32.9 Å². The van der Waals surface area contributed by atoms with E-state index in [2.05, 4.69) is 18.4 Å². The van der Waals surface area contributed by atoms with Crippen molar-refractivity contribution in [3.8, 4) is 5.75 Å². The summed E-state index contributed by atoms with van der Waals surface area (Å²) >= 11 is 0. The Hall–Kier alpha value is -2.27. The van der Waals surface area contributed by atoms with Gasteiger partial charge in [-0.3, -0.25) is 0 Å². The molecule has 1 aliphatic rings. The summed E-state index contributed by atoms with van der Waals surface area (Å²) in [5.41, 5.74) is 3.72. The summed E-state index contributed by atoms with van der Waals surface area (Å²) in [6, 6.07) is 7.76. The molecule has 23 heavy (non-hydrogen) atoms. The molecule has 2 heterocycles. The fourth-order valence-corrected chi connectivity index (χ4v) is 3.02. The number of hydrogen-bond acceptors (Lipinski definition) is 4. The Balaban J connectivity index is 2.09. The van der Waals surface area contributed by atoms with Crippen LogP contribution < -0.4 is 10.1 Å². The van der Waals surface area contributed by atoms with Crippen LogP contribution in [0.4, 0.5) is 5.69 Å². The summed E-state index contributed by atoms with van der Waals surface area (Å²) in [5.74, 6) is 1.42. The molecule has 0 radical (unpaired) electrons. The maximum atomic E-state index is 10.5. The van der Waals surface area contributed by atoms with Crippen molar-refractivity contribution < 1.29 is 9.84 Å². The van der Waals surface area contributed by atoms with Crippen LogP contribution in [-0.4, -0.2) is 22.1 Å². The number of benzene rings is 1. The number of para-hydroxylation sites is 1. The molecule has 0 aliphatic carbocycles. The van der Waals surface area contributed by atoms with Crippen LogP contribution in [-0.2, 0) is 13.5 Å². The molecule has 1 aromatic heterocycles. The second-order valence-electron chi connectivity index (χ2n) is 5.69. The number of fused-ring (bicyclic) bond motifs is 1. The summed E-state index contributed by atoms with van der Waals surface area (Å²) in [6.45, 7) is 4.69. The van der Waals surface area contributed by atoms with Gasteiger partial charge in [0.05, 0.1) is 23.6 Å². The summed E-state index contributed by atoms with van der Waals surface area (Å²) in [7, 11) is 1.94. The molecule has 1 aliphatic heterocycles. The van der Waals surface area contributed by atoms with E-state index in [0.29, 0.717) is 12.4 Å². The minimum atomic E-state index is -0.775. The van der Waals surface area contributed by atoms with E-state index in [-0.39, 0.29) is 0 Å². The summed E-state index contributed by atoms with van der Waals surface area (Å²) in [4.78, 5) is 4.79. The maximum absolute atomic E-state index is 10.5. The highest BCUT2D eigenvalue weighted by Gasteiger charge is 2.27. The molecule has 1 aromatic carbocycles. The largest absolute Gasteiger partial charge is 0.493 e. The van der Waals surface area contributed by atoms with E-state index in [4.69, 9.17) is 9.73 Å². The smallest absolute Gasteiger partial charge is 0.169 e. The van der Waals surface area contributed by atoms with Crippen LogP contribution >= 0.6 is 0 Å². The molecule has 0 saturated heterocycles. The van der Waals surface area contributed by atoms with Gasteiger partial charge in [0.2, 0.25) is 0 Å². The topological polar surface area (TPSA) is 58.8 Å². The van der Waals surface area contributed by atoms with E-state index in [1.54, 1.807) is 0 Å². The maximum Gasteiger partial charge on any atom is 0.169 e. The number of aryl methyl sites for hydroxylation is 2. The molecule has 122 valence electrons. The number of nitrogens with one attached hydrogen (secondary N) is 1. The SMILES string of the molecule is CCCc1cn(C)c2c1N=C(c1ccccc1OCC)NC2O. The second kappa shape index (κ2) is 6.46. The van der Waals surface area contributed by atoms with Crippen LogP contribution in [0.25, 0.3) is 0 Å². The Bertz CT molecular complexity index is 734. The first-order chi connectivity index (χ1) is 11.2. The molecule has 3 rings (SSSR count). The first-order valence-corrected chi connectivity index (χ1v) is 8.09. The van der Waals surface area contributed by atoms with Crippen molar-refractivity contribution >= 4 is 11.5 Å². The van der Waals surface area contributed by atoms with E-state index in [9.17, 15) is 5.11 Å². The van der Waals surface area contributed by atoms with Crippen molar-refractivity contribution in [2.24, 2.45) is 12.0 Å². The lowest BCUT2D eigenvalue weighted by Crippen LogP contribution is -2.33. The number of aliphatic imine (C=N–C) groups is 1. The van der Waals surface area contributed by atoms with Crippen molar-refractivity contribution in [1.29, 1.82) is 0 Å². The molecule has 2 aromatic rings. The van der Waals surface area contributed by atoms with Crippen LogP contribution in [0.15, 0.2) is 35.5 Å². The standard InChI is InChI=1S/C18H23N3O2/c1-4-8-12-11-21(3)16-15(12)19-17(20-18(16)22)13-9-6-7-10-14(13)23-5-2/h6-7,9-11,18,22H,4-5,8H2,1-3H3,(H,19,20). The summed E-state index contributed by atoms with van der Waals surface area (Å²) in [6.07, 6.45) is 3.27. The van der Waals surface area contributed by atoms with Gasteiger partial charge in [-0.2, -0.15) is 0 Å². The summed E-state index contributed by atoms with van der Waals surface area (Å²) < 4.78 is 7.64. The Morgan fingerprint density at radius 1 is 1.30 bits per heavy atom. The molecular weight excluding hydrogens is 290 g/mol. The average molecular weight is 313 g/mol. The van der Waals surface area contributed by atoms with Gasteiger partial charge in [0, 0.05) is 13.2 Å². The predicted molar refractivity (Wildman–Crippen MR) is 91.3 cm³/mol. The minimum Gasteiger partial charge on any atom is -0.493 e. The van der Waals surface area contributed by atoms with Crippen LogP contribution in [0.1, 0.15) is 43.3 Å². The van der Waals surface area contributed by atoms with Gasteiger partial charge in [-0.1, -0.05) is 25.5 Å². The molecule has 1 atom stereocenters. The normalized spacial score (nSPS) is 16.5. The minimum absolute atomic E-state index is 0.588. The molecule has 0 amide bonds. The fraction of sp³-hybridized carbons (Fsp3) is 0.389. The lowest BCUT2D eigenvalue weighted by Gasteiger charge is -2.23. The zero-order valence-corrected chi connectivity index (χ0v) is 13.8. The van der Waals surface area contributed by atoms with Crippen molar-refractivity contribution in [1.82, 2.24) is 9.88 Å².